The molecule has 5 heteroatoms. The van der Waals surface area contributed by atoms with Crippen LogP contribution >= 0.6 is 0 Å². The van der Waals surface area contributed by atoms with Gasteiger partial charge in [-0.15, -0.1) is 0 Å². The Kier molecular flexibility index (Phi) is 2.37. The summed E-state index contributed by atoms with van der Waals surface area (Å²) < 4.78 is 0. The van der Waals surface area contributed by atoms with E-state index >= 15 is 0 Å². The maximum atomic E-state index is 11.2. The Labute approximate surface area is 86.2 Å². The van der Waals surface area contributed by atoms with E-state index in [0.717, 1.165) is 17.5 Å². The first-order valence-electron chi connectivity index (χ1n) is 4.70. The number of hydrogen-bond acceptors (Lipinski definition) is 3. The second-order valence-electron chi connectivity index (χ2n) is 3.49. The SMILES string of the molecule is O=C1Cc2cc([N+](=O)[O-])ccc2CCN1. The number of nitro groups is 1. The van der Waals surface area contributed by atoms with Crippen LogP contribution in [-0.4, -0.2) is 17.4 Å². The number of nitrogens with zero attached hydrogens (tertiary/aromatic N) is 1. The van der Waals surface area contributed by atoms with E-state index in [1.807, 2.05) is 0 Å². The first kappa shape index (κ1) is 9.64. The monoisotopic (exact) mass is 206 g/mol. The van der Waals surface area contributed by atoms with Crippen LogP contribution < -0.4 is 5.32 Å². The van der Waals surface area contributed by atoms with Crippen LogP contribution in [0.25, 0.3) is 0 Å². The van der Waals surface area contributed by atoms with Crippen LogP contribution in [0.3, 0.4) is 0 Å². The number of nitro benzene ring substituents is 1. The van der Waals surface area contributed by atoms with Crippen molar-refractivity contribution in [1.82, 2.24) is 5.32 Å². The molecule has 0 unspecified atom stereocenters. The van der Waals surface area contributed by atoms with Gasteiger partial charge in [0.05, 0.1) is 11.3 Å². The third-order valence-corrected chi connectivity index (χ3v) is 2.47. The lowest BCUT2D eigenvalue weighted by molar-refractivity contribution is -0.384. The molecular formula is C10H10N2O3. The van der Waals surface area contributed by atoms with Crippen molar-refractivity contribution >= 4 is 11.6 Å². The maximum absolute atomic E-state index is 11.2. The molecule has 2 rings (SSSR count). The van der Waals surface area contributed by atoms with Crippen LogP contribution in [0.15, 0.2) is 18.2 Å². The van der Waals surface area contributed by atoms with E-state index in [4.69, 9.17) is 0 Å². The molecule has 0 aromatic heterocycles. The Hall–Kier alpha value is -1.91. The van der Waals surface area contributed by atoms with Crippen LogP contribution in [0.2, 0.25) is 0 Å². The van der Waals surface area contributed by atoms with E-state index in [9.17, 15) is 14.9 Å². The number of non-ortho nitro benzene ring substituents is 1. The maximum Gasteiger partial charge on any atom is 0.269 e. The molecule has 1 aliphatic heterocycles. The molecule has 1 N–H and O–H groups in total. The molecule has 0 spiro atoms. The normalized spacial score (nSPS) is 15.1. The van der Waals surface area contributed by atoms with Gasteiger partial charge in [-0.1, -0.05) is 6.07 Å². The fraction of sp³-hybridized carbons (Fsp3) is 0.300. The Balaban J connectivity index is 2.41. The van der Waals surface area contributed by atoms with Gasteiger partial charge in [-0.25, -0.2) is 0 Å². The molecule has 15 heavy (non-hydrogen) atoms. The minimum atomic E-state index is -0.441. The Bertz CT molecular complexity index is 429. The average Bonchev–Trinajstić information content (AvgIpc) is 2.37. The topological polar surface area (TPSA) is 72.2 Å². The molecule has 0 aliphatic carbocycles. The molecule has 1 aliphatic rings. The van der Waals surface area contributed by atoms with Crippen molar-refractivity contribution in [3.05, 3.63) is 39.4 Å². The third-order valence-electron chi connectivity index (χ3n) is 2.47. The first-order chi connectivity index (χ1) is 7.16. The second kappa shape index (κ2) is 3.68. The van der Waals surface area contributed by atoms with Crippen LogP contribution in [0, 0.1) is 10.1 Å². The van der Waals surface area contributed by atoms with E-state index in [1.54, 1.807) is 6.07 Å². The van der Waals surface area contributed by atoms with Gasteiger partial charge in [-0.2, -0.15) is 0 Å². The summed E-state index contributed by atoms with van der Waals surface area (Å²) in [6, 6.07) is 4.70. The molecule has 1 amide bonds. The number of benzene rings is 1. The molecule has 1 aromatic rings. The van der Waals surface area contributed by atoms with Crippen LogP contribution in [-0.2, 0) is 17.6 Å². The number of carbonyl (C=O) groups excluding carboxylic acids is 1. The van der Waals surface area contributed by atoms with Gasteiger partial charge in [0.25, 0.3) is 5.69 Å². The van der Waals surface area contributed by atoms with Crippen molar-refractivity contribution in [3.63, 3.8) is 0 Å². The summed E-state index contributed by atoms with van der Waals surface area (Å²) in [5, 5.41) is 13.3. The summed E-state index contributed by atoms with van der Waals surface area (Å²) in [6.45, 7) is 0.601. The summed E-state index contributed by atoms with van der Waals surface area (Å²) in [5.74, 6) is -0.0748. The lowest BCUT2D eigenvalue weighted by Gasteiger charge is -2.02. The zero-order valence-corrected chi connectivity index (χ0v) is 8.03. The number of nitrogens with one attached hydrogen (secondary N) is 1. The van der Waals surface area contributed by atoms with Gasteiger partial charge in [-0.3, -0.25) is 14.9 Å². The van der Waals surface area contributed by atoms with Gasteiger partial charge in [0.2, 0.25) is 5.91 Å². The molecule has 0 atom stereocenters. The van der Waals surface area contributed by atoms with E-state index in [2.05, 4.69) is 5.32 Å². The number of carbonyl (C=O) groups is 1. The lowest BCUT2D eigenvalue weighted by Crippen LogP contribution is -2.24. The zero-order chi connectivity index (χ0) is 10.8. The highest BCUT2D eigenvalue weighted by Crippen LogP contribution is 2.20. The molecule has 78 valence electrons. The smallest absolute Gasteiger partial charge is 0.269 e. The van der Waals surface area contributed by atoms with Gasteiger partial charge in [0, 0.05) is 18.7 Å². The predicted octanol–water partition coefficient (Wildman–Crippen LogP) is 0.810. The fourth-order valence-electron chi connectivity index (χ4n) is 1.71. The second-order valence-corrected chi connectivity index (χ2v) is 3.49. The molecular weight excluding hydrogens is 196 g/mol. The highest BCUT2D eigenvalue weighted by Gasteiger charge is 2.16. The van der Waals surface area contributed by atoms with Crippen LogP contribution in [0.1, 0.15) is 11.1 Å². The van der Waals surface area contributed by atoms with Gasteiger partial charge in [-0.05, 0) is 17.5 Å². The van der Waals surface area contributed by atoms with Crippen molar-refractivity contribution in [1.29, 1.82) is 0 Å². The number of hydrogen-bond donors (Lipinski definition) is 1. The lowest BCUT2D eigenvalue weighted by atomic mass is 10.0. The molecule has 1 heterocycles. The Morgan fingerprint density at radius 3 is 2.87 bits per heavy atom. The van der Waals surface area contributed by atoms with Gasteiger partial charge in [0.15, 0.2) is 0 Å². The number of amides is 1. The molecule has 0 fully saturated rings. The summed E-state index contributed by atoms with van der Waals surface area (Å²) in [4.78, 5) is 21.4. The Morgan fingerprint density at radius 1 is 1.33 bits per heavy atom. The predicted molar refractivity (Wildman–Crippen MR) is 53.5 cm³/mol. The summed E-state index contributed by atoms with van der Waals surface area (Å²) in [5.41, 5.74) is 1.82. The highest BCUT2D eigenvalue weighted by molar-refractivity contribution is 5.79. The van der Waals surface area contributed by atoms with Crippen LogP contribution in [0.4, 0.5) is 5.69 Å². The Morgan fingerprint density at radius 2 is 2.13 bits per heavy atom. The summed E-state index contributed by atoms with van der Waals surface area (Å²) >= 11 is 0. The van der Waals surface area contributed by atoms with E-state index in [1.165, 1.54) is 12.1 Å². The molecule has 1 aromatic carbocycles. The standard InChI is InChI=1S/C10H10N2O3/c13-10-6-8-5-9(12(14)15)2-1-7(8)3-4-11-10/h1-2,5H,3-4,6H2,(H,11,13). The van der Waals surface area contributed by atoms with Crippen molar-refractivity contribution < 1.29 is 9.72 Å². The van der Waals surface area contributed by atoms with Gasteiger partial charge < -0.3 is 5.32 Å². The van der Waals surface area contributed by atoms with Crippen molar-refractivity contribution in [2.75, 3.05) is 6.54 Å². The molecule has 5 nitrogen and oxygen atoms in total. The minimum Gasteiger partial charge on any atom is -0.355 e. The number of fused-ring (bicyclic) bond motifs is 1. The van der Waals surface area contributed by atoms with Gasteiger partial charge >= 0.3 is 0 Å². The summed E-state index contributed by atoms with van der Waals surface area (Å²) in [7, 11) is 0. The highest BCUT2D eigenvalue weighted by atomic mass is 16.6. The minimum absolute atomic E-state index is 0.0449. The summed E-state index contributed by atoms with van der Waals surface area (Å²) in [6.07, 6.45) is 0.968. The van der Waals surface area contributed by atoms with E-state index in [-0.39, 0.29) is 18.0 Å². The van der Waals surface area contributed by atoms with Crippen molar-refractivity contribution in [2.45, 2.75) is 12.8 Å². The first-order valence-corrected chi connectivity index (χ1v) is 4.70. The molecule has 0 radical (unpaired) electrons. The van der Waals surface area contributed by atoms with Crippen LogP contribution in [0.5, 0.6) is 0 Å². The quantitative estimate of drug-likeness (QED) is 0.546. The van der Waals surface area contributed by atoms with E-state index < -0.39 is 4.92 Å². The van der Waals surface area contributed by atoms with Gasteiger partial charge in [0.1, 0.15) is 0 Å². The van der Waals surface area contributed by atoms with E-state index in [0.29, 0.717) is 6.54 Å². The largest absolute Gasteiger partial charge is 0.355 e. The molecule has 0 saturated heterocycles. The third kappa shape index (κ3) is 1.96. The molecule has 0 bridgehead atoms. The van der Waals surface area contributed by atoms with Crippen molar-refractivity contribution in [3.8, 4) is 0 Å². The zero-order valence-electron chi connectivity index (χ0n) is 8.03. The fourth-order valence-corrected chi connectivity index (χ4v) is 1.71. The average molecular weight is 206 g/mol. The molecule has 0 saturated carbocycles. The van der Waals surface area contributed by atoms with Crippen molar-refractivity contribution in [2.24, 2.45) is 0 Å². The number of rotatable bonds is 1.